The van der Waals surface area contributed by atoms with Crippen LogP contribution in [0.1, 0.15) is 56.0 Å². The second kappa shape index (κ2) is 9.96. The number of carbonyl (C=O) groups is 1. The first kappa shape index (κ1) is 22.7. The molecule has 1 aliphatic heterocycles. The maximum atomic E-state index is 13.4. The van der Waals surface area contributed by atoms with Crippen molar-refractivity contribution < 1.29 is 14.3 Å². The minimum Gasteiger partial charge on any atom is -0.465 e. The number of methoxy groups -OCH3 is 1. The van der Waals surface area contributed by atoms with Crippen LogP contribution >= 0.6 is 0 Å². The Morgan fingerprint density at radius 3 is 2.78 bits per heavy atom. The molecule has 1 aromatic heterocycles. The number of anilines is 1. The Labute approximate surface area is 190 Å². The van der Waals surface area contributed by atoms with Crippen molar-refractivity contribution in [2.24, 2.45) is 5.92 Å². The van der Waals surface area contributed by atoms with E-state index in [9.17, 15) is 4.79 Å². The second-order valence-corrected chi connectivity index (χ2v) is 8.95. The van der Waals surface area contributed by atoms with Gasteiger partial charge in [-0.3, -0.25) is 9.69 Å². The van der Waals surface area contributed by atoms with Crippen molar-refractivity contribution in [3.8, 4) is 0 Å². The molecule has 0 radical (unpaired) electrons. The second-order valence-electron chi connectivity index (χ2n) is 8.95. The molecule has 172 valence electrons. The lowest BCUT2D eigenvalue weighted by Crippen LogP contribution is -2.42. The monoisotopic (exact) mass is 438 g/mol. The lowest BCUT2D eigenvalue weighted by Gasteiger charge is -2.30. The molecule has 2 aliphatic rings. The fraction of sp³-hybridized carbons (Fsp3) is 0.560. The van der Waals surface area contributed by atoms with Crippen molar-refractivity contribution in [1.29, 1.82) is 0 Å². The summed E-state index contributed by atoms with van der Waals surface area (Å²) in [5.74, 6) is 1.06. The summed E-state index contributed by atoms with van der Waals surface area (Å²) in [5.41, 5.74) is 1.96. The van der Waals surface area contributed by atoms with Gasteiger partial charge in [-0.05, 0) is 44.6 Å². The van der Waals surface area contributed by atoms with Crippen molar-refractivity contribution in [2.75, 3.05) is 38.7 Å². The molecule has 2 unspecified atom stereocenters. The lowest BCUT2D eigenvalue weighted by molar-refractivity contribution is -0.150. The van der Waals surface area contributed by atoms with Gasteiger partial charge in [0.2, 0.25) is 5.95 Å². The van der Waals surface area contributed by atoms with Gasteiger partial charge in [0.15, 0.2) is 0 Å². The van der Waals surface area contributed by atoms with E-state index in [0.29, 0.717) is 31.4 Å². The molecule has 4 rings (SSSR count). The van der Waals surface area contributed by atoms with Crippen molar-refractivity contribution in [3.63, 3.8) is 0 Å². The summed E-state index contributed by atoms with van der Waals surface area (Å²) in [6.45, 7) is 7.16. The molecule has 0 bridgehead atoms. The fourth-order valence-electron chi connectivity index (χ4n) is 4.43. The van der Waals surface area contributed by atoms with Crippen molar-refractivity contribution >= 4 is 11.9 Å². The summed E-state index contributed by atoms with van der Waals surface area (Å²) in [7, 11) is 1.67. The number of hydrogen-bond acceptors (Lipinski definition) is 7. The van der Waals surface area contributed by atoms with Gasteiger partial charge in [-0.2, -0.15) is 0 Å². The van der Waals surface area contributed by atoms with E-state index in [4.69, 9.17) is 14.5 Å². The standard InChI is InChI=1S/C25H34N4O3/c1-4-32-23(30)25(12-13-29(17-25)16-20-8-6-5-7-9-20)22-21(18(2)31-3)15-27-24(28-22)26-14-19-10-11-19/h5-9,15,18-19H,4,10-14,16-17H2,1-3H3,(H,26,27,28). The van der Waals surface area contributed by atoms with Gasteiger partial charge in [-0.25, -0.2) is 9.97 Å². The van der Waals surface area contributed by atoms with Gasteiger partial charge in [-0.15, -0.1) is 0 Å². The Balaban J connectivity index is 1.68. The highest BCUT2D eigenvalue weighted by Gasteiger charge is 2.50. The van der Waals surface area contributed by atoms with Crippen molar-refractivity contribution in [1.82, 2.24) is 14.9 Å². The number of benzene rings is 1. The van der Waals surface area contributed by atoms with E-state index in [0.717, 1.165) is 30.9 Å². The van der Waals surface area contributed by atoms with Gasteiger partial charge >= 0.3 is 5.97 Å². The van der Waals surface area contributed by atoms with Crippen LogP contribution in [0.5, 0.6) is 0 Å². The average molecular weight is 439 g/mol. The zero-order valence-corrected chi connectivity index (χ0v) is 19.3. The molecule has 1 saturated heterocycles. The number of nitrogens with one attached hydrogen (secondary N) is 1. The topological polar surface area (TPSA) is 76.6 Å². The van der Waals surface area contributed by atoms with Crippen molar-refractivity contribution in [2.45, 2.75) is 51.2 Å². The number of ether oxygens (including phenoxy) is 2. The number of carbonyl (C=O) groups excluding carboxylic acids is 1. The van der Waals surface area contributed by atoms with E-state index in [2.05, 4.69) is 27.3 Å². The number of esters is 1. The Morgan fingerprint density at radius 1 is 1.31 bits per heavy atom. The highest BCUT2D eigenvalue weighted by Crippen LogP contribution is 2.40. The van der Waals surface area contributed by atoms with E-state index in [-0.39, 0.29) is 12.1 Å². The number of hydrogen-bond donors (Lipinski definition) is 1. The van der Waals surface area contributed by atoms with E-state index < -0.39 is 5.41 Å². The van der Waals surface area contributed by atoms with Gasteiger partial charge in [-0.1, -0.05) is 30.3 Å². The third-order valence-corrected chi connectivity index (χ3v) is 6.57. The third-order valence-electron chi connectivity index (χ3n) is 6.57. The maximum absolute atomic E-state index is 13.4. The number of nitrogens with zero attached hydrogens (tertiary/aromatic N) is 3. The molecule has 0 amide bonds. The van der Waals surface area contributed by atoms with Crippen LogP contribution in [-0.4, -0.2) is 54.2 Å². The van der Waals surface area contributed by atoms with Crippen LogP contribution in [0.2, 0.25) is 0 Å². The third kappa shape index (κ3) is 4.94. The Kier molecular flexibility index (Phi) is 7.06. The van der Waals surface area contributed by atoms with Crippen LogP contribution in [0.25, 0.3) is 0 Å². The molecule has 2 aromatic rings. The number of rotatable bonds is 10. The molecule has 2 fully saturated rings. The van der Waals surface area contributed by atoms with E-state index in [1.165, 1.54) is 18.4 Å². The van der Waals surface area contributed by atoms with Gasteiger partial charge in [0.25, 0.3) is 0 Å². The average Bonchev–Trinajstić information content (AvgIpc) is 3.56. The normalized spacial score (nSPS) is 22.0. The smallest absolute Gasteiger partial charge is 0.319 e. The molecule has 0 spiro atoms. The van der Waals surface area contributed by atoms with E-state index >= 15 is 0 Å². The number of likely N-dealkylation sites (tertiary alicyclic amines) is 1. The molecule has 7 heteroatoms. The molecular formula is C25H34N4O3. The summed E-state index contributed by atoms with van der Waals surface area (Å²) < 4.78 is 11.2. The van der Waals surface area contributed by atoms with Gasteiger partial charge in [0, 0.05) is 45.0 Å². The summed E-state index contributed by atoms with van der Waals surface area (Å²) in [6.07, 6.45) is 4.74. The minimum absolute atomic E-state index is 0.216. The van der Waals surface area contributed by atoms with Gasteiger partial charge in [0.1, 0.15) is 5.41 Å². The largest absolute Gasteiger partial charge is 0.465 e. The van der Waals surface area contributed by atoms with E-state index in [1.54, 1.807) is 7.11 Å². The number of aromatic nitrogens is 2. The Morgan fingerprint density at radius 2 is 2.09 bits per heavy atom. The van der Waals surface area contributed by atoms with Crippen molar-refractivity contribution in [3.05, 3.63) is 53.3 Å². The van der Waals surface area contributed by atoms with Gasteiger partial charge < -0.3 is 14.8 Å². The maximum Gasteiger partial charge on any atom is 0.319 e. The molecule has 1 saturated carbocycles. The molecule has 2 atom stereocenters. The summed E-state index contributed by atoms with van der Waals surface area (Å²) in [5, 5.41) is 3.37. The SMILES string of the molecule is CCOC(=O)C1(c2nc(NCC3CC3)ncc2C(C)OC)CCN(Cc2ccccc2)C1. The van der Waals surface area contributed by atoms with Crippen LogP contribution in [0, 0.1) is 5.92 Å². The first-order valence-corrected chi connectivity index (χ1v) is 11.6. The van der Waals surface area contributed by atoms with Gasteiger partial charge in [0.05, 0.1) is 18.4 Å². The summed E-state index contributed by atoms with van der Waals surface area (Å²) in [4.78, 5) is 25.2. The zero-order chi connectivity index (χ0) is 22.6. The van der Waals surface area contributed by atoms with Crippen LogP contribution in [0.15, 0.2) is 36.5 Å². The molecule has 1 aromatic carbocycles. The molecule has 2 heterocycles. The lowest BCUT2D eigenvalue weighted by atomic mass is 9.80. The van der Waals surface area contributed by atoms with Crippen LogP contribution in [-0.2, 0) is 26.2 Å². The Bertz CT molecular complexity index is 919. The Hall–Kier alpha value is -2.51. The summed E-state index contributed by atoms with van der Waals surface area (Å²) in [6, 6.07) is 10.3. The summed E-state index contributed by atoms with van der Waals surface area (Å²) >= 11 is 0. The first-order chi connectivity index (χ1) is 15.6. The fourth-order valence-corrected chi connectivity index (χ4v) is 4.43. The molecule has 7 nitrogen and oxygen atoms in total. The molecule has 1 N–H and O–H groups in total. The predicted molar refractivity (Wildman–Crippen MR) is 123 cm³/mol. The van der Waals surface area contributed by atoms with Crippen LogP contribution in [0.4, 0.5) is 5.95 Å². The first-order valence-electron chi connectivity index (χ1n) is 11.6. The minimum atomic E-state index is -0.841. The highest BCUT2D eigenvalue weighted by atomic mass is 16.5. The quantitative estimate of drug-likeness (QED) is 0.567. The van der Waals surface area contributed by atoms with E-state index in [1.807, 2.05) is 38.2 Å². The van der Waals surface area contributed by atoms with Crippen LogP contribution in [0.3, 0.4) is 0 Å². The van der Waals surface area contributed by atoms with Crippen LogP contribution < -0.4 is 5.32 Å². The molecule has 32 heavy (non-hydrogen) atoms. The molecule has 1 aliphatic carbocycles. The predicted octanol–water partition coefficient (Wildman–Crippen LogP) is 3.71. The highest BCUT2D eigenvalue weighted by molar-refractivity contribution is 5.84. The zero-order valence-electron chi connectivity index (χ0n) is 19.3. The molecular weight excluding hydrogens is 404 g/mol.